The first-order chi connectivity index (χ1) is 29.6. The van der Waals surface area contributed by atoms with E-state index in [1.165, 1.54) is 141 Å². The van der Waals surface area contributed by atoms with E-state index in [2.05, 4.69) is 62.5 Å². The number of carbonyl (C=O) groups is 1. The normalized spacial score (nSPS) is 14.0. The van der Waals surface area contributed by atoms with Crippen LogP contribution in [-0.2, 0) is 27.9 Å². The fourth-order valence-electron chi connectivity index (χ4n) is 7.01. The van der Waals surface area contributed by atoms with Gasteiger partial charge in [-0.3, -0.25) is 9.36 Å². The minimum atomic E-state index is -4.54. The smallest absolute Gasteiger partial charge is 0.306 e. The number of rotatable bonds is 47. The third-order valence-corrected chi connectivity index (χ3v) is 11.9. The highest BCUT2D eigenvalue weighted by Gasteiger charge is 2.20. The van der Waals surface area contributed by atoms with Gasteiger partial charge in [-0.1, -0.05) is 210 Å². The minimum absolute atomic E-state index is 0.0179. The second-order valence-electron chi connectivity index (χ2n) is 18.2. The number of quaternary nitrogens is 1. The molecule has 0 aliphatic heterocycles. The zero-order valence-corrected chi connectivity index (χ0v) is 41.5. The van der Waals surface area contributed by atoms with Crippen LogP contribution in [0.3, 0.4) is 0 Å². The van der Waals surface area contributed by atoms with Crippen LogP contribution in [0.25, 0.3) is 0 Å². The van der Waals surface area contributed by atoms with E-state index < -0.39 is 13.9 Å². The molecule has 0 aromatic heterocycles. The van der Waals surface area contributed by atoms with Crippen molar-refractivity contribution >= 4 is 13.8 Å². The van der Waals surface area contributed by atoms with Crippen molar-refractivity contribution in [3.8, 4) is 0 Å². The van der Waals surface area contributed by atoms with Gasteiger partial charge in [0.15, 0.2) is 0 Å². The summed E-state index contributed by atoms with van der Waals surface area (Å²) in [4.78, 5) is 25.1. The topological polar surface area (TPSA) is 94.1 Å². The summed E-state index contributed by atoms with van der Waals surface area (Å²) in [5, 5.41) is 0. The van der Waals surface area contributed by atoms with E-state index in [1.54, 1.807) is 0 Å². The molecule has 0 aromatic rings. The number of unbranched alkanes of at least 4 members (excludes halogenated alkanes) is 25. The van der Waals surface area contributed by atoms with Crippen LogP contribution in [0.5, 0.6) is 0 Å². The van der Waals surface area contributed by atoms with Crippen molar-refractivity contribution in [3.63, 3.8) is 0 Å². The number of ether oxygens (including phenoxy) is 2. The summed E-state index contributed by atoms with van der Waals surface area (Å²) in [6.45, 7) is 5.27. The third kappa shape index (κ3) is 49.3. The Hall–Kier alpha value is -1.54. The van der Waals surface area contributed by atoms with Crippen LogP contribution in [0.1, 0.15) is 219 Å². The molecule has 0 N–H and O–H groups in total. The molecule has 0 fully saturated rings. The fourth-order valence-corrected chi connectivity index (χ4v) is 7.74. The molecule has 0 radical (unpaired) electrons. The highest BCUT2D eigenvalue weighted by atomic mass is 31.2. The Morgan fingerprint density at radius 3 is 1.39 bits per heavy atom. The Kier molecular flexibility index (Phi) is 43.9. The van der Waals surface area contributed by atoms with Gasteiger partial charge >= 0.3 is 5.97 Å². The molecule has 0 heterocycles. The molecule has 0 aliphatic carbocycles. The molecule has 0 saturated carbocycles. The Balaban J connectivity index is 4.11. The molecule has 0 spiro atoms. The lowest BCUT2D eigenvalue weighted by atomic mass is 10.0. The summed E-state index contributed by atoms with van der Waals surface area (Å²) in [5.74, 6) is -0.371. The molecule has 9 heteroatoms. The monoisotopic (exact) mass is 880 g/mol. The van der Waals surface area contributed by atoms with E-state index in [0.717, 1.165) is 51.4 Å². The molecule has 0 saturated heterocycles. The van der Waals surface area contributed by atoms with E-state index in [1.807, 2.05) is 21.1 Å². The summed E-state index contributed by atoms with van der Waals surface area (Å²) < 4.78 is 34.7. The second kappa shape index (κ2) is 45.0. The van der Waals surface area contributed by atoms with Gasteiger partial charge in [0, 0.05) is 13.0 Å². The molecule has 0 bridgehead atoms. The highest BCUT2D eigenvalue weighted by Crippen LogP contribution is 2.38. The van der Waals surface area contributed by atoms with Gasteiger partial charge in [-0.2, -0.15) is 0 Å². The first-order valence-corrected chi connectivity index (χ1v) is 26.8. The van der Waals surface area contributed by atoms with Crippen LogP contribution in [0.2, 0.25) is 0 Å². The SMILES string of the molecule is CC/C=C\C/C=C\C/C=C\C/C=C\CCCCC(=O)OC(COCCCCCCCCCCCCCCCCCCCCCCCCCC)COP(=O)([O-])OCC[N+](C)(C)C. The van der Waals surface area contributed by atoms with Gasteiger partial charge in [-0.15, -0.1) is 0 Å². The van der Waals surface area contributed by atoms with Crippen molar-refractivity contribution in [1.82, 2.24) is 0 Å². The first kappa shape index (κ1) is 59.5. The van der Waals surface area contributed by atoms with E-state index in [9.17, 15) is 14.3 Å². The summed E-state index contributed by atoms with van der Waals surface area (Å²) in [6, 6.07) is 0. The van der Waals surface area contributed by atoms with Crippen LogP contribution in [0.4, 0.5) is 0 Å². The molecule has 2 atom stereocenters. The molecular formula is C52H98NO7P. The van der Waals surface area contributed by atoms with Gasteiger partial charge in [-0.25, -0.2) is 0 Å². The van der Waals surface area contributed by atoms with E-state index in [0.29, 0.717) is 24.1 Å². The van der Waals surface area contributed by atoms with Gasteiger partial charge in [0.05, 0.1) is 34.4 Å². The third-order valence-electron chi connectivity index (χ3n) is 10.9. The summed E-state index contributed by atoms with van der Waals surface area (Å²) in [7, 11) is 1.33. The quantitative estimate of drug-likeness (QED) is 0.0198. The summed E-state index contributed by atoms with van der Waals surface area (Å²) >= 11 is 0. The zero-order chi connectivity index (χ0) is 44.8. The second-order valence-corrected chi connectivity index (χ2v) is 19.6. The number of likely N-dealkylation sites (N-methyl/N-ethyl adjacent to an activating group) is 1. The predicted octanol–water partition coefficient (Wildman–Crippen LogP) is 14.9. The highest BCUT2D eigenvalue weighted by molar-refractivity contribution is 7.45. The molecule has 0 rings (SSSR count). The standard InChI is InChI=1S/C52H98NO7P/c1-6-8-10-12-14-16-18-20-22-23-24-25-26-27-28-29-30-32-34-36-38-40-42-44-47-57-49-51(50-59-61(55,56)58-48-46-53(3,4)5)60-52(54)45-43-41-39-37-35-33-31-21-19-17-15-13-11-9-7-2/h9,11,15,17,21,31,35,37,51H,6-8,10,12-14,16,18-20,22-30,32-34,36,38-50H2,1-5H3/b11-9-,17-15-,31-21-,37-35-. The Labute approximate surface area is 378 Å². The van der Waals surface area contributed by atoms with E-state index in [4.69, 9.17) is 18.5 Å². The number of hydrogen-bond acceptors (Lipinski definition) is 7. The molecule has 0 aliphatic rings. The summed E-state index contributed by atoms with van der Waals surface area (Å²) in [6.07, 6.45) is 55.8. The Bertz CT molecular complexity index is 1120. The average molecular weight is 880 g/mol. The Morgan fingerprint density at radius 2 is 0.951 bits per heavy atom. The average Bonchev–Trinajstić information content (AvgIpc) is 3.22. The number of phosphoric acid groups is 1. The van der Waals surface area contributed by atoms with Gasteiger partial charge in [0.1, 0.15) is 19.3 Å². The number of allylic oxidation sites excluding steroid dienone is 8. The number of phosphoric ester groups is 1. The molecule has 0 amide bonds. The van der Waals surface area contributed by atoms with Crippen molar-refractivity contribution in [2.75, 3.05) is 54.1 Å². The predicted molar refractivity (Wildman–Crippen MR) is 259 cm³/mol. The van der Waals surface area contributed by atoms with Crippen LogP contribution >= 0.6 is 7.82 Å². The van der Waals surface area contributed by atoms with Gasteiger partial charge < -0.3 is 27.9 Å². The van der Waals surface area contributed by atoms with Gasteiger partial charge in [-0.05, 0) is 51.4 Å². The molecule has 0 aromatic carbocycles. The molecule has 2 unspecified atom stereocenters. The lowest BCUT2D eigenvalue weighted by molar-refractivity contribution is -0.870. The Morgan fingerprint density at radius 1 is 0.525 bits per heavy atom. The molecule has 8 nitrogen and oxygen atoms in total. The van der Waals surface area contributed by atoms with Gasteiger partial charge in [0.25, 0.3) is 7.82 Å². The van der Waals surface area contributed by atoms with Crippen molar-refractivity contribution in [3.05, 3.63) is 48.6 Å². The van der Waals surface area contributed by atoms with Crippen molar-refractivity contribution in [1.29, 1.82) is 0 Å². The largest absolute Gasteiger partial charge is 0.756 e. The molecule has 358 valence electrons. The van der Waals surface area contributed by atoms with Crippen LogP contribution in [0, 0.1) is 0 Å². The number of carbonyl (C=O) groups excluding carboxylic acids is 1. The van der Waals surface area contributed by atoms with Crippen LogP contribution < -0.4 is 4.89 Å². The van der Waals surface area contributed by atoms with Gasteiger partial charge in [0.2, 0.25) is 0 Å². The van der Waals surface area contributed by atoms with Crippen LogP contribution in [-0.4, -0.2) is 70.7 Å². The van der Waals surface area contributed by atoms with Crippen LogP contribution in [0.15, 0.2) is 48.6 Å². The number of hydrogen-bond donors (Lipinski definition) is 0. The first-order valence-electron chi connectivity index (χ1n) is 25.4. The maximum absolute atomic E-state index is 12.7. The number of esters is 1. The van der Waals surface area contributed by atoms with Crippen molar-refractivity contribution in [2.24, 2.45) is 0 Å². The fraction of sp³-hybridized carbons (Fsp3) is 0.827. The van der Waals surface area contributed by atoms with E-state index >= 15 is 0 Å². The lowest BCUT2D eigenvalue weighted by Crippen LogP contribution is -2.37. The maximum atomic E-state index is 12.7. The lowest BCUT2D eigenvalue weighted by Gasteiger charge is -2.28. The maximum Gasteiger partial charge on any atom is 0.306 e. The van der Waals surface area contributed by atoms with E-state index in [-0.39, 0.29) is 32.2 Å². The minimum Gasteiger partial charge on any atom is -0.756 e. The summed E-state index contributed by atoms with van der Waals surface area (Å²) in [5.41, 5.74) is 0. The zero-order valence-electron chi connectivity index (χ0n) is 40.6. The van der Waals surface area contributed by atoms with Crippen molar-refractivity contribution in [2.45, 2.75) is 225 Å². The van der Waals surface area contributed by atoms with Crippen molar-refractivity contribution < 1.29 is 37.3 Å². The number of nitrogens with zero attached hydrogens (tertiary/aromatic N) is 1. The molecular weight excluding hydrogens is 782 g/mol. The molecule has 61 heavy (non-hydrogen) atoms.